The van der Waals surface area contributed by atoms with E-state index >= 15 is 0 Å². The van der Waals surface area contributed by atoms with Gasteiger partial charge in [-0.1, -0.05) is 0 Å². The molecule has 0 atom stereocenters. The van der Waals surface area contributed by atoms with E-state index in [0.29, 0.717) is 11.4 Å². The Kier molecular flexibility index (Phi) is 3.60. The van der Waals surface area contributed by atoms with Crippen LogP contribution in [-0.4, -0.2) is 9.49 Å². The summed E-state index contributed by atoms with van der Waals surface area (Å²) in [6.07, 6.45) is 3.21. The molecule has 0 spiro atoms. The van der Waals surface area contributed by atoms with Crippen LogP contribution >= 0.6 is 0 Å². The molecule has 0 aliphatic rings. The van der Waals surface area contributed by atoms with Crippen LogP contribution in [0.25, 0.3) is 11.8 Å². The fourth-order valence-corrected chi connectivity index (χ4v) is 1.72. The largest absolute Gasteiger partial charge is 0.317 e. The predicted molar refractivity (Wildman–Crippen MR) is 71.6 cm³/mol. The van der Waals surface area contributed by atoms with Crippen LogP contribution in [0.5, 0.6) is 0 Å². The Labute approximate surface area is 114 Å². The molecule has 0 amide bonds. The number of hydrogen-bond acceptors (Lipinski definition) is 4. The van der Waals surface area contributed by atoms with E-state index < -0.39 is 4.92 Å². The van der Waals surface area contributed by atoms with E-state index in [1.807, 2.05) is 0 Å². The summed E-state index contributed by atoms with van der Waals surface area (Å²) in [5, 5.41) is 28.1. The van der Waals surface area contributed by atoms with Gasteiger partial charge in [0.15, 0.2) is 0 Å². The number of aromatic nitrogens is 1. The molecular formula is C14H8N4O2. The van der Waals surface area contributed by atoms with Gasteiger partial charge in [0.1, 0.15) is 17.7 Å². The van der Waals surface area contributed by atoms with Crippen LogP contribution in [0.15, 0.2) is 48.2 Å². The van der Waals surface area contributed by atoms with Gasteiger partial charge in [-0.15, -0.1) is 0 Å². The standard InChI is InChI=1S/C14H8N4O2/c15-9-11(10-16)8-14-2-1-7-17(14)12-3-5-13(6-4-12)18(19)20/h1-8H. The highest BCUT2D eigenvalue weighted by Gasteiger charge is 2.07. The van der Waals surface area contributed by atoms with E-state index in [1.54, 1.807) is 47.2 Å². The van der Waals surface area contributed by atoms with Crippen LogP contribution in [-0.2, 0) is 0 Å². The van der Waals surface area contributed by atoms with Crippen LogP contribution in [0.3, 0.4) is 0 Å². The third-order valence-electron chi connectivity index (χ3n) is 2.65. The summed E-state index contributed by atoms with van der Waals surface area (Å²) in [5.41, 5.74) is 1.36. The molecular weight excluding hydrogens is 256 g/mol. The molecule has 0 saturated carbocycles. The second-order valence-electron chi connectivity index (χ2n) is 3.86. The van der Waals surface area contributed by atoms with Gasteiger partial charge in [0.05, 0.1) is 4.92 Å². The number of allylic oxidation sites excluding steroid dienone is 1. The van der Waals surface area contributed by atoms with Crippen molar-refractivity contribution in [2.75, 3.05) is 0 Å². The highest BCUT2D eigenvalue weighted by Crippen LogP contribution is 2.18. The summed E-state index contributed by atoms with van der Waals surface area (Å²) in [7, 11) is 0. The number of benzene rings is 1. The topological polar surface area (TPSA) is 95.7 Å². The van der Waals surface area contributed by atoms with Crippen molar-refractivity contribution < 1.29 is 4.92 Å². The van der Waals surface area contributed by atoms with Crippen LogP contribution in [0.4, 0.5) is 5.69 Å². The molecule has 0 fully saturated rings. The molecule has 0 bridgehead atoms. The number of hydrogen-bond donors (Lipinski definition) is 0. The molecule has 0 unspecified atom stereocenters. The SMILES string of the molecule is N#CC(C#N)=Cc1cccn1-c1ccc([N+](=O)[O-])cc1. The quantitative estimate of drug-likeness (QED) is 0.483. The Balaban J connectivity index is 2.43. The molecule has 6 heteroatoms. The van der Waals surface area contributed by atoms with Gasteiger partial charge in [0, 0.05) is 29.7 Å². The summed E-state index contributed by atoms with van der Waals surface area (Å²) >= 11 is 0. The highest BCUT2D eigenvalue weighted by molar-refractivity contribution is 5.62. The van der Waals surface area contributed by atoms with Gasteiger partial charge >= 0.3 is 0 Å². The van der Waals surface area contributed by atoms with E-state index in [0.717, 1.165) is 0 Å². The number of nitrogens with zero attached hydrogens (tertiary/aromatic N) is 4. The highest BCUT2D eigenvalue weighted by atomic mass is 16.6. The molecule has 2 aromatic rings. The third-order valence-corrected chi connectivity index (χ3v) is 2.65. The van der Waals surface area contributed by atoms with Gasteiger partial charge in [0.2, 0.25) is 0 Å². The first-order valence-corrected chi connectivity index (χ1v) is 5.60. The number of nitriles is 2. The minimum absolute atomic E-state index is 0.00716. The molecule has 0 aliphatic carbocycles. The van der Waals surface area contributed by atoms with E-state index in [4.69, 9.17) is 10.5 Å². The van der Waals surface area contributed by atoms with Crippen LogP contribution in [0.2, 0.25) is 0 Å². The normalized spacial score (nSPS) is 9.30. The second kappa shape index (κ2) is 5.51. The first kappa shape index (κ1) is 13.1. The zero-order chi connectivity index (χ0) is 14.5. The first-order chi connectivity index (χ1) is 9.65. The Hall–Kier alpha value is -3.38. The number of nitro groups is 1. The summed E-state index contributed by atoms with van der Waals surface area (Å²) in [6.45, 7) is 0. The van der Waals surface area contributed by atoms with Crippen molar-refractivity contribution >= 4 is 11.8 Å². The molecule has 1 heterocycles. The molecule has 20 heavy (non-hydrogen) atoms. The summed E-state index contributed by atoms with van der Waals surface area (Å²) in [6, 6.07) is 13.1. The van der Waals surface area contributed by atoms with Crippen molar-refractivity contribution in [3.63, 3.8) is 0 Å². The van der Waals surface area contributed by atoms with Gasteiger partial charge in [-0.25, -0.2) is 0 Å². The molecule has 0 aliphatic heterocycles. The van der Waals surface area contributed by atoms with Crippen LogP contribution in [0, 0.1) is 32.8 Å². The maximum atomic E-state index is 10.6. The number of rotatable bonds is 3. The molecule has 0 saturated heterocycles. The Morgan fingerprint density at radius 1 is 1.20 bits per heavy atom. The van der Waals surface area contributed by atoms with Crippen molar-refractivity contribution in [2.24, 2.45) is 0 Å². The van der Waals surface area contributed by atoms with E-state index in [9.17, 15) is 10.1 Å². The molecule has 6 nitrogen and oxygen atoms in total. The zero-order valence-electron chi connectivity index (χ0n) is 10.2. The maximum absolute atomic E-state index is 10.6. The van der Waals surface area contributed by atoms with Gasteiger partial charge in [-0.3, -0.25) is 10.1 Å². The molecule has 0 N–H and O–H groups in total. The van der Waals surface area contributed by atoms with Crippen molar-refractivity contribution in [1.82, 2.24) is 4.57 Å². The molecule has 1 aromatic carbocycles. The minimum Gasteiger partial charge on any atom is -0.317 e. The first-order valence-electron chi connectivity index (χ1n) is 5.60. The average Bonchev–Trinajstić information content (AvgIpc) is 2.92. The van der Waals surface area contributed by atoms with Gasteiger partial charge in [-0.05, 0) is 30.3 Å². The Morgan fingerprint density at radius 2 is 1.85 bits per heavy atom. The second-order valence-corrected chi connectivity index (χ2v) is 3.86. The summed E-state index contributed by atoms with van der Waals surface area (Å²) in [5.74, 6) is 0. The summed E-state index contributed by atoms with van der Waals surface area (Å²) in [4.78, 5) is 10.1. The van der Waals surface area contributed by atoms with Crippen LogP contribution < -0.4 is 0 Å². The monoisotopic (exact) mass is 264 g/mol. The van der Waals surface area contributed by atoms with E-state index in [1.165, 1.54) is 18.2 Å². The molecule has 1 aromatic heterocycles. The Morgan fingerprint density at radius 3 is 2.40 bits per heavy atom. The van der Waals surface area contributed by atoms with Crippen LogP contribution in [0.1, 0.15) is 5.69 Å². The van der Waals surface area contributed by atoms with E-state index in [-0.39, 0.29) is 11.3 Å². The van der Waals surface area contributed by atoms with Crippen molar-refractivity contribution in [1.29, 1.82) is 10.5 Å². The lowest BCUT2D eigenvalue weighted by Crippen LogP contribution is -1.96. The van der Waals surface area contributed by atoms with E-state index in [2.05, 4.69) is 0 Å². The van der Waals surface area contributed by atoms with Gasteiger partial charge < -0.3 is 4.57 Å². The lowest BCUT2D eigenvalue weighted by molar-refractivity contribution is -0.384. The van der Waals surface area contributed by atoms with Crippen molar-refractivity contribution in [3.05, 3.63) is 64.0 Å². The average molecular weight is 264 g/mol. The maximum Gasteiger partial charge on any atom is 0.269 e. The minimum atomic E-state index is -0.469. The van der Waals surface area contributed by atoms with Gasteiger partial charge in [0.25, 0.3) is 5.69 Å². The number of non-ortho nitro benzene ring substituents is 1. The number of nitro benzene ring substituents is 1. The third kappa shape index (κ3) is 2.55. The lowest BCUT2D eigenvalue weighted by Gasteiger charge is -2.06. The Bertz CT molecular complexity index is 742. The molecule has 2 rings (SSSR count). The summed E-state index contributed by atoms with van der Waals surface area (Å²) < 4.78 is 1.73. The smallest absolute Gasteiger partial charge is 0.269 e. The molecule has 0 radical (unpaired) electrons. The zero-order valence-corrected chi connectivity index (χ0v) is 10.2. The van der Waals surface area contributed by atoms with Gasteiger partial charge in [-0.2, -0.15) is 10.5 Å². The van der Waals surface area contributed by atoms with Crippen molar-refractivity contribution in [2.45, 2.75) is 0 Å². The predicted octanol–water partition coefficient (Wildman–Crippen LogP) is 2.82. The fraction of sp³-hybridized carbons (Fsp3) is 0. The molecule has 96 valence electrons. The fourth-order valence-electron chi connectivity index (χ4n) is 1.72. The lowest BCUT2D eigenvalue weighted by atomic mass is 10.2. The van der Waals surface area contributed by atoms with Crippen molar-refractivity contribution in [3.8, 4) is 17.8 Å².